The molecule has 0 aliphatic rings. The van der Waals surface area contributed by atoms with E-state index in [1.165, 1.54) is 7.11 Å². The SMILES string of the molecule is CCC(N)c1ccccc1N(CC)Cc1cccc(C(=O)OC)c1. The van der Waals surface area contributed by atoms with Gasteiger partial charge in [-0.2, -0.15) is 0 Å². The molecule has 0 heterocycles. The summed E-state index contributed by atoms with van der Waals surface area (Å²) in [4.78, 5) is 14.0. The number of hydrogen-bond acceptors (Lipinski definition) is 4. The largest absolute Gasteiger partial charge is 0.465 e. The van der Waals surface area contributed by atoms with Crippen LogP contribution < -0.4 is 10.6 Å². The summed E-state index contributed by atoms with van der Waals surface area (Å²) in [6.07, 6.45) is 0.895. The van der Waals surface area contributed by atoms with Gasteiger partial charge in [-0.05, 0) is 42.7 Å². The summed E-state index contributed by atoms with van der Waals surface area (Å²) < 4.78 is 4.80. The number of para-hydroxylation sites is 1. The summed E-state index contributed by atoms with van der Waals surface area (Å²) in [5.41, 5.74) is 10.2. The summed E-state index contributed by atoms with van der Waals surface area (Å²) in [6.45, 7) is 5.79. The number of nitrogens with zero attached hydrogens (tertiary/aromatic N) is 1. The minimum absolute atomic E-state index is 0.0247. The van der Waals surface area contributed by atoms with E-state index in [0.717, 1.165) is 36.3 Å². The number of methoxy groups -OCH3 is 1. The fraction of sp³-hybridized carbons (Fsp3) is 0.350. The van der Waals surface area contributed by atoms with Crippen LogP contribution >= 0.6 is 0 Å². The monoisotopic (exact) mass is 326 g/mol. The first-order valence-electron chi connectivity index (χ1n) is 8.37. The van der Waals surface area contributed by atoms with Gasteiger partial charge in [0.2, 0.25) is 0 Å². The van der Waals surface area contributed by atoms with Gasteiger partial charge in [-0.15, -0.1) is 0 Å². The van der Waals surface area contributed by atoms with E-state index in [2.05, 4.69) is 30.9 Å². The zero-order valence-electron chi connectivity index (χ0n) is 14.7. The van der Waals surface area contributed by atoms with Crippen LogP contribution in [0.3, 0.4) is 0 Å². The van der Waals surface area contributed by atoms with Gasteiger partial charge in [-0.25, -0.2) is 4.79 Å². The van der Waals surface area contributed by atoms with Crippen LogP contribution in [0.15, 0.2) is 48.5 Å². The minimum Gasteiger partial charge on any atom is -0.465 e. The van der Waals surface area contributed by atoms with E-state index in [4.69, 9.17) is 10.5 Å². The van der Waals surface area contributed by atoms with Gasteiger partial charge in [0.1, 0.15) is 0 Å². The van der Waals surface area contributed by atoms with Crippen molar-refractivity contribution in [2.24, 2.45) is 5.73 Å². The number of carbonyl (C=O) groups excluding carboxylic acids is 1. The lowest BCUT2D eigenvalue weighted by molar-refractivity contribution is 0.0600. The van der Waals surface area contributed by atoms with Crippen LogP contribution in [-0.2, 0) is 11.3 Å². The Morgan fingerprint density at radius 1 is 1.17 bits per heavy atom. The summed E-state index contributed by atoms with van der Waals surface area (Å²) in [7, 11) is 1.40. The highest BCUT2D eigenvalue weighted by Gasteiger charge is 2.15. The third kappa shape index (κ3) is 4.15. The second kappa shape index (κ2) is 8.50. The highest BCUT2D eigenvalue weighted by atomic mass is 16.5. The molecule has 0 fully saturated rings. The van der Waals surface area contributed by atoms with Crippen molar-refractivity contribution in [3.8, 4) is 0 Å². The predicted molar refractivity (Wildman–Crippen MR) is 98.2 cm³/mol. The summed E-state index contributed by atoms with van der Waals surface area (Å²) in [6, 6.07) is 15.9. The van der Waals surface area contributed by atoms with Crippen molar-refractivity contribution >= 4 is 11.7 Å². The smallest absolute Gasteiger partial charge is 0.337 e. The molecule has 4 nitrogen and oxygen atoms in total. The molecule has 0 saturated carbocycles. The van der Waals surface area contributed by atoms with Gasteiger partial charge in [-0.1, -0.05) is 37.3 Å². The molecule has 0 spiro atoms. The van der Waals surface area contributed by atoms with Crippen molar-refractivity contribution in [2.45, 2.75) is 32.9 Å². The molecule has 1 unspecified atom stereocenters. The van der Waals surface area contributed by atoms with Gasteiger partial charge in [0.15, 0.2) is 0 Å². The maximum absolute atomic E-state index is 11.7. The average molecular weight is 326 g/mol. The molecule has 0 bridgehead atoms. The van der Waals surface area contributed by atoms with Gasteiger partial charge in [0, 0.05) is 24.8 Å². The highest BCUT2D eigenvalue weighted by Crippen LogP contribution is 2.28. The Hall–Kier alpha value is -2.33. The molecule has 0 saturated heterocycles. The fourth-order valence-corrected chi connectivity index (χ4v) is 2.81. The van der Waals surface area contributed by atoms with E-state index in [9.17, 15) is 4.79 Å². The van der Waals surface area contributed by atoms with Crippen LogP contribution in [0.2, 0.25) is 0 Å². The van der Waals surface area contributed by atoms with Crippen LogP contribution in [0, 0.1) is 0 Å². The van der Waals surface area contributed by atoms with E-state index < -0.39 is 0 Å². The van der Waals surface area contributed by atoms with Gasteiger partial charge in [0.05, 0.1) is 12.7 Å². The van der Waals surface area contributed by atoms with E-state index in [1.54, 1.807) is 6.07 Å². The number of ether oxygens (including phenoxy) is 1. The van der Waals surface area contributed by atoms with E-state index in [-0.39, 0.29) is 12.0 Å². The lowest BCUT2D eigenvalue weighted by Crippen LogP contribution is -2.25. The van der Waals surface area contributed by atoms with E-state index in [0.29, 0.717) is 5.56 Å². The number of carbonyl (C=O) groups is 1. The van der Waals surface area contributed by atoms with Crippen molar-refractivity contribution in [1.82, 2.24) is 0 Å². The standard InChI is InChI=1S/C20H26N2O2/c1-4-18(21)17-11-6-7-12-19(17)22(5-2)14-15-9-8-10-16(13-15)20(23)24-3/h6-13,18H,4-5,14,21H2,1-3H3. The molecule has 24 heavy (non-hydrogen) atoms. The molecule has 0 aliphatic heterocycles. The number of rotatable bonds is 7. The van der Waals surface area contributed by atoms with Crippen molar-refractivity contribution in [3.05, 3.63) is 65.2 Å². The molecule has 128 valence electrons. The topological polar surface area (TPSA) is 55.6 Å². The van der Waals surface area contributed by atoms with Gasteiger partial charge >= 0.3 is 5.97 Å². The van der Waals surface area contributed by atoms with Crippen LogP contribution in [-0.4, -0.2) is 19.6 Å². The summed E-state index contributed by atoms with van der Waals surface area (Å²) in [5.74, 6) is -0.312. The molecule has 0 aromatic heterocycles. The number of hydrogen-bond donors (Lipinski definition) is 1. The molecule has 0 amide bonds. The molecule has 4 heteroatoms. The van der Waals surface area contributed by atoms with Crippen molar-refractivity contribution in [1.29, 1.82) is 0 Å². The van der Waals surface area contributed by atoms with E-state index in [1.807, 2.05) is 30.3 Å². The Kier molecular flexibility index (Phi) is 6.38. The first kappa shape index (κ1) is 18.0. The Morgan fingerprint density at radius 2 is 1.92 bits per heavy atom. The zero-order chi connectivity index (χ0) is 17.5. The van der Waals surface area contributed by atoms with Crippen molar-refractivity contribution in [2.75, 3.05) is 18.6 Å². The molecule has 1 atom stereocenters. The summed E-state index contributed by atoms with van der Waals surface area (Å²) in [5, 5.41) is 0. The van der Waals surface area contributed by atoms with Gasteiger partial charge in [0.25, 0.3) is 0 Å². The molecule has 0 radical (unpaired) electrons. The van der Waals surface area contributed by atoms with Crippen LogP contribution in [0.1, 0.15) is 47.8 Å². The van der Waals surface area contributed by atoms with Crippen molar-refractivity contribution < 1.29 is 9.53 Å². The van der Waals surface area contributed by atoms with Gasteiger partial charge in [-0.3, -0.25) is 0 Å². The molecule has 2 aromatic rings. The first-order valence-corrected chi connectivity index (χ1v) is 8.37. The molecular weight excluding hydrogens is 300 g/mol. The predicted octanol–water partition coefficient (Wildman–Crippen LogP) is 3.91. The van der Waals surface area contributed by atoms with E-state index >= 15 is 0 Å². The normalized spacial score (nSPS) is 11.8. The third-order valence-electron chi connectivity index (χ3n) is 4.22. The highest BCUT2D eigenvalue weighted by molar-refractivity contribution is 5.89. The fourth-order valence-electron chi connectivity index (χ4n) is 2.81. The number of esters is 1. The number of anilines is 1. The third-order valence-corrected chi connectivity index (χ3v) is 4.22. The first-order chi connectivity index (χ1) is 11.6. The molecule has 2 aromatic carbocycles. The quantitative estimate of drug-likeness (QED) is 0.784. The van der Waals surface area contributed by atoms with Crippen molar-refractivity contribution in [3.63, 3.8) is 0 Å². The number of nitrogens with two attached hydrogens (primary N) is 1. The van der Waals surface area contributed by atoms with Crippen LogP contribution in [0.25, 0.3) is 0 Å². The second-order valence-electron chi connectivity index (χ2n) is 5.78. The zero-order valence-corrected chi connectivity index (χ0v) is 14.7. The minimum atomic E-state index is -0.312. The van der Waals surface area contributed by atoms with Crippen LogP contribution in [0.4, 0.5) is 5.69 Å². The number of benzene rings is 2. The van der Waals surface area contributed by atoms with Crippen LogP contribution in [0.5, 0.6) is 0 Å². The Balaban J connectivity index is 2.29. The molecule has 2 rings (SSSR count). The second-order valence-corrected chi connectivity index (χ2v) is 5.78. The maximum atomic E-state index is 11.7. The average Bonchev–Trinajstić information content (AvgIpc) is 2.65. The lowest BCUT2D eigenvalue weighted by Gasteiger charge is -2.27. The Bertz CT molecular complexity index is 685. The molecule has 0 aliphatic carbocycles. The van der Waals surface area contributed by atoms with Gasteiger partial charge < -0.3 is 15.4 Å². The lowest BCUT2D eigenvalue weighted by atomic mass is 10.0. The Morgan fingerprint density at radius 3 is 2.58 bits per heavy atom. The molecule has 2 N–H and O–H groups in total. The Labute approximate surface area is 144 Å². The molecular formula is C20H26N2O2. The summed E-state index contributed by atoms with van der Waals surface area (Å²) >= 11 is 0. The maximum Gasteiger partial charge on any atom is 0.337 e.